The van der Waals surface area contributed by atoms with E-state index in [4.69, 9.17) is 5.73 Å². The van der Waals surface area contributed by atoms with Crippen molar-refractivity contribution in [2.45, 2.75) is 36.8 Å². The average Bonchev–Trinajstić information content (AvgIpc) is 2.26. The van der Waals surface area contributed by atoms with E-state index in [2.05, 4.69) is 38.1 Å². The lowest BCUT2D eigenvalue weighted by Crippen LogP contribution is -2.13. The lowest BCUT2D eigenvalue weighted by molar-refractivity contribution is 0.651. The molecule has 0 spiro atoms. The van der Waals surface area contributed by atoms with Crippen LogP contribution in [0.2, 0.25) is 0 Å². The van der Waals surface area contributed by atoms with Crippen LogP contribution in [0.4, 0.5) is 0 Å². The van der Waals surface area contributed by atoms with Gasteiger partial charge in [-0.1, -0.05) is 31.2 Å². The minimum atomic E-state index is 0.221. The molecule has 1 nitrogen and oxygen atoms in total. The van der Waals surface area contributed by atoms with Gasteiger partial charge in [0.15, 0.2) is 0 Å². The van der Waals surface area contributed by atoms with E-state index in [0.29, 0.717) is 10.5 Å². The van der Waals surface area contributed by atoms with Crippen molar-refractivity contribution in [2.24, 2.45) is 5.73 Å². The van der Waals surface area contributed by atoms with Gasteiger partial charge in [0.1, 0.15) is 0 Å². The van der Waals surface area contributed by atoms with Crippen molar-refractivity contribution in [2.75, 3.05) is 0 Å². The van der Waals surface area contributed by atoms with Crippen molar-refractivity contribution < 1.29 is 0 Å². The third-order valence-electron chi connectivity index (χ3n) is 2.86. The Balaban J connectivity index is 2.42. The van der Waals surface area contributed by atoms with Gasteiger partial charge in [0.05, 0.1) is 0 Å². The fraction of sp³-hybridized carbons (Fsp3) is 0.500. The van der Waals surface area contributed by atoms with Crippen LogP contribution in [0.15, 0.2) is 24.3 Å². The van der Waals surface area contributed by atoms with Gasteiger partial charge in [0.2, 0.25) is 0 Å². The zero-order valence-electron chi connectivity index (χ0n) is 8.73. The Morgan fingerprint density at radius 2 is 1.86 bits per heavy atom. The minimum Gasteiger partial charge on any atom is -0.324 e. The van der Waals surface area contributed by atoms with Gasteiger partial charge in [-0.25, -0.2) is 0 Å². The molecular formula is C12H17NS. The molecule has 2 heteroatoms. The number of thioether (sulfide) groups is 1. The molecule has 2 rings (SSSR count). The molecule has 3 unspecified atom stereocenters. The largest absolute Gasteiger partial charge is 0.324 e. The second-order valence-corrected chi connectivity index (χ2v) is 5.84. The van der Waals surface area contributed by atoms with E-state index in [9.17, 15) is 0 Å². The lowest BCUT2D eigenvalue weighted by atomic mass is 9.96. The topological polar surface area (TPSA) is 26.0 Å². The van der Waals surface area contributed by atoms with Gasteiger partial charge in [-0.2, -0.15) is 11.8 Å². The zero-order chi connectivity index (χ0) is 10.1. The summed E-state index contributed by atoms with van der Waals surface area (Å²) in [5.41, 5.74) is 8.96. The normalized spacial score (nSPS) is 32.1. The molecule has 0 saturated carbocycles. The van der Waals surface area contributed by atoms with Gasteiger partial charge in [0.25, 0.3) is 0 Å². The molecule has 0 saturated heterocycles. The highest BCUT2D eigenvalue weighted by Gasteiger charge is 2.23. The van der Waals surface area contributed by atoms with Gasteiger partial charge in [-0.3, -0.25) is 0 Å². The van der Waals surface area contributed by atoms with Crippen molar-refractivity contribution in [1.82, 2.24) is 0 Å². The molecule has 1 heterocycles. The summed E-state index contributed by atoms with van der Waals surface area (Å²) in [6, 6.07) is 8.81. The summed E-state index contributed by atoms with van der Waals surface area (Å²) >= 11 is 2.03. The number of fused-ring (bicyclic) bond motifs is 1. The smallest absolute Gasteiger partial charge is 0.0308 e. The predicted octanol–water partition coefficient (Wildman–Crippen LogP) is 3.27. The van der Waals surface area contributed by atoms with Crippen LogP contribution >= 0.6 is 11.8 Å². The zero-order valence-corrected chi connectivity index (χ0v) is 9.55. The van der Waals surface area contributed by atoms with Crippen LogP contribution in [0, 0.1) is 0 Å². The maximum atomic E-state index is 6.19. The molecule has 0 bridgehead atoms. The summed E-state index contributed by atoms with van der Waals surface area (Å²) in [5.74, 6) is 0. The first-order chi connectivity index (χ1) is 6.68. The van der Waals surface area contributed by atoms with Crippen LogP contribution in [0.5, 0.6) is 0 Å². The molecule has 0 radical (unpaired) electrons. The number of hydrogen-bond donors (Lipinski definition) is 1. The molecular weight excluding hydrogens is 190 g/mol. The van der Waals surface area contributed by atoms with Gasteiger partial charge in [-0.15, -0.1) is 0 Å². The highest BCUT2D eigenvalue weighted by Crippen LogP contribution is 2.41. The molecule has 14 heavy (non-hydrogen) atoms. The van der Waals surface area contributed by atoms with E-state index in [1.807, 2.05) is 11.8 Å². The second-order valence-electron chi connectivity index (χ2n) is 4.06. The number of hydrogen-bond acceptors (Lipinski definition) is 2. The fourth-order valence-electron chi connectivity index (χ4n) is 2.18. The lowest BCUT2D eigenvalue weighted by Gasteiger charge is -2.14. The molecule has 0 aromatic heterocycles. The van der Waals surface area contributed by atoms with Crippen LogP contribution < -0.4 is 5.73 Å². The minimum absolute atomic E-state index is 0.221. The number of rotatable bonds is 0. The predicted molar refractivity (Wildman–Crippen MR) is 63.5 cm³/mol. The highest BCUT2D eigenvalue weighted by atomic mass is 32.2. The van der Waals surface area contributed by atoms with Gasteiger partial charge in [-0.05, 0) is 24.5 Å². The molecule has 1 aliphatic rings. The van der Waals surface area contributed by atoms with Crippen LogP contribution in [0.3, 0.4) is 0 Å². The Labute approximate surface area is 90.1 Å². The maximum Gasteiger partial charge on any atom is 0.0308 e. The van der Waals surface area contributed by atoms with Crippen molar-refractivity contribution in [3.63, 3.8) is 0 Å². The second kappa shape index (κ2) is 3.95. The summed E-state index contributed by atoms with van der Waals surface area (Å²) in [6.07, 6.45) is 1.09. The maximum absolute atomic E-state index is 6.19. The van der Waals surface area contributed by atoms with Crippen LogP contribution in [0.25, 0.3) is 0 Å². The van der Waals surface area contributed by atoms with Gasteiger partial charge in [0, 0.05) is 16.5 Å². The van der Waals surface area contributed by atoms with Gasteiger partial charge < -0.3 is 5.73 Å². The SMILES string of the molecule is CC1CC(N)c2ccccc2C(C)S1. The first-order valence-electron chi connectivity index (χ1n) is 5.18. The Morgan fingerprint density at radius 3 is 2.57 bits per heavy atom. The quantitative estimate of drug-likeness (QED) is 0.706. The van der Waals surface area contributed by atoms with E-state index >= 15 is 0 Å². The van der Waals surface area contributed by atoms with Crippen molar-refractivity contribution >= 4 is 11.8 Å². The Hall–Kier alpha value is -0.470. The van der Waals surface area contributed by atoms with E-state index < -0.39 is 0 Å². The molecule has 3 atom stereocenters. The monoisotopic (exact) mass is 207 g/mol. The average molecular weight is 207 g/mol. The molecule has 2 N–H and O–H groups in total. The summed E-state index contributed by atoms with van der Waals surface area (Å²) in [6.45, 7) is 4.55. The first kappa shape index (κ1) is 10.1. The Kier molecular flexibility index (Phi) is 2.84. The van der Waals surface area contributed by atoms with E-state index in [1.165, 1.54) is 11.1 Å². The van der Waals surface area contributed by atoms with Crippen molar-refractivity contribution in [1.29, 1.82) is 0 Å². The summed E-state index contributed by atoms with van der Waals surface area (Å²) < 4.78 is 0. The molecule has 0 fully saturated rings. The van der Waals surface area contributed by atoms with Crippen LogP contribution in [0.1, 0.15) is 42.7 Å². The number of benzene rings is 1. The molecule has 0 amide bonds. The summed E-state index contributed by atoms with van der Waals surface area (Å²) in [4.78, 5) is 0. The van der Waals surface area contributed by atoms with E-state index in [1.54, 1.807) is 0 Å². The molecule has 1 aliphatic heterocycles. The molecule has 0 aliphatic carbocycles. The molecule has 76 valence electrons. The van der Waals surface area contributed by atoms with Crippen molar-refractivity contribution in [3.05, 3.63) is 35.4 Å². The van der Waals surface area contributed by atoms with Crippen LogP contribution in [-0.4, -0.2) is 5.25 Å². The summed E-state index contributed by atoms with van der Waals surface area (Å²) in [7, 11) is 0. The van der Waals surface area contributed by atoms with Crippen molar-refractivity contribution in [3.8, 4) is 0 Å². The fourth-order valence-corrected chi connectivity index (χ4v) is 3.56. The Morgan fingerprint density at radius 1 is 1.21 bits per heavy atom. The Bertz CT molecular complexity index is 293. The standard InChI is InChI=1S/C12H17NS/c1-8-7-12(13)11-6-4-3-5-10(11)9(2)14-8/h3-6,8-9,12H,7,13H2,1-2H3. The molecule has 1 aromatic carbocycles. The first-order valence-corrected chi connectivity index (χ1v) is 6.12. The molecule has 1 aromatic rings. The third-order valence-corrected chi connectivity index (χ3v) is 4.17. The summed E-state index contributed by atoms with van der Waals surface area (Å²) in [5, 5.41) is 1.24. The third kappa shape index (κ3) is 1.82. The van der Waals surface area contributed by atoms with Crippen LogP contribution in [-0.2, 0) is 0 Å². The van der Waals surface area contributed by atoms with Gasteiger partial charge >= 0.3 is 0 Å². The van der Waals surface area contributed by atoms with E-state index in [-0.39, 0.29) is 6.04 Å². The van der Waals surface area contributed by atoms with E-state index in [0.717, 1.165) is 6.42 Å². The highest BCUT2D eigenvalue weighted by molar-refractivity contribution is 8.00. The number of nitrogens with two attached hydrogens (primary N) is 1.